The summed E-state index contributed by atoms with van der Waals surface area (Å²) in [6, 6.07) is 7.42. The molecule has 0 fully saturated rings. The second-order valence-corrected chi connectivity index (χ2v) is 7.06. The predicted octanol–water partition coefficient (Wildman–Crippen LogP) is 2.10. The zero-order valence-corrected chi connectivity index (χ0v) is 19.9. The molecule has 1 aromatic carbocycles. The number of hydrogen-bond donors (Lipinski definition) is 3. The van der Waals surface area contributed by atoms with Crippen molar-refractivity contribution in [3.63, 3.8) is 0 Å². The molecule has 0 heterocycles. The van der Waals surface area contributed by atoms with Crippen molar-refractivity contribution in [3.05, 3.63) is 35.4 Å². The van der Waals surface area contributed by atoms with E-state index in [1.807, 2.05) is 31.2 Å². The number of amides is 1. The molecular formula is C20H35IN4O3. The number of rotatable bonds is 10. The van der Waals surface area contributed by atoms with Crippen molar-refractivity contribution in [2.24, 2.45) is 10.9 Å². The minimum Gasteiger partial charge on any atom is -0.389 e. The average molecular weight is 506 g/mol. The molecule has 0 saturated carbocycles. The van der Waals surface area contributed by atoms with Gasteiger partial charge in [0.25, 0.3) is 5.91 Å². The van der Waals surface area contributed by atoms with Crippen molar-refractivity contribution < 1.29 is 14.6 Å². The molecule has 1 amide bonds. The van der Waals surface area contributed by atoms with E-state index in [2.05, 4.69) is 29.5 Å². The summed E-state index contributed by atoms with van der Waals surface area (Å²) in [6.45, 7) is 8.63. The maximum atomic E-state index is 11.9. The molecule has 0 bridgehead atoms. The first-order valence-corrected chi connectivity index (χ1v) is 9.42. The van der Waals surface area contributed by atoms with E-state index in [0.717, 1.165) is 12.1 Å². The lowest BCUT2D eigenvalue weighted by Gasteiger charge is -2.16. The Bertz CT molecular complexity index is 592. The number of aliphatic hydroxyl groups excluding tert-OH is 1. The number of ether oxygens (including phenoxy) is 1. The minimum absolute atomic E-state index is 0. The summed E-state index contributed by atoms with van der Waals surface area (Å²) < 4.78 is 5.44. The molecule has 0 aliphatic rings. The van der Waals surface area contributed by atoms with Gasteiger partial charge in [0, 0.05) is 39.4 Å². The molecule has 3 N–H and O–H groups in total. The largest absolute Gasteiger partial charge is 0.389 e. The zero-order chi connectivity index (χ0) is 20.2. The second kappa shape index (κ2) is 14.6. The van der Waals surface area contributed by atoms with Gasteiger partial charge in [-0.15, -0.1) is 24.0 Å². The number of carbonyl (C=O) groups is 1. The van der Waals surface area contributed by atoms with Gasteiger partial charge >= 0.3 is 0 Å². The fourth-order valence-corrected chi connectivity index (χ4v) is 2.24. The highest BCUT2D eigenvalue weighted by Crippen LogP contribution is 2.07. The summed E-state index contributed by atoms with van der Waals surface area (Å²) in [5.74, 6) is 1.06. The van der Waals surface area contributed by atoms with Gasteiger partial charge in [-0.25, -0.2) is 4.99 Å². The van der Waals surface area contributed by atoms with Gasteiger partial charge in [-0.2, -0.15) is 0 Å². The molecule has 0 aliphatic carbocycles. The highest BCUT2D eigenvalue weighted by molar-refractivity contribution is 14.0. The molecular weight excluding hydrogens is 471 g/mol. The lowest BCUT2D eigenvalue weighted by molar-refractivity contribution is 0.0280. The molecule has 1 atom stereocenters. The van der Waals surface area contributed by atoms with E-state index in [9.17, 15) is 9.90 Å². The lowest BCUT2D eigenvalue weighted by atomic mass is 10.1. The van der Waals surface area contributed by atoms with E-state index in [1.165, 1.54) is 0 Å². The molecule has 28 heavy (non-hydrogen) atoms. The fourth-order valence-electron chi connectivity index (χ4n) is 2.24. The molecule has 0 spiro atoms. The Morgan fingerprint density at radius 3 is 2.36 bits per heavy atom. The van der Waals surface area contributed by atoms with E-state index in [-0.39, 0.29) is 29.9 Å². The highest BCUT2D eigenvalue weighted by Gasteiger charge is 2.08. The van der Waals surface area contributed by atoms with Crippen LogP contribution in [-0.4, -0.2) is 68.4 Å². The molecule has 8 heteroatoms. The monoisotopic (exact) mass is 506 g/mol. The van der Waals surface area contributed by atoms with Crippen LogP contribution in [0.2, 0.25) is 0 Å². The van der Waals surface area contributed by atoms with E-state index in [1.54, 1.807) is 19.0 Å². The van der Waals surface area contributed by atoms with Gasteiger partial charge in [-0.1, -0.05) is 26.0 Å². The van der Waals surface area contributed by atoms with Crippen LogP contribution in [0.25, 0.3) is 0 Å². The molecule has 1 aromatic rings. The van der Waals surface area contributed by atoms with Gasteiger partial charge in [-0.3, -0.25) is 4.79 Å². The first kappa shape index (κ1) is 26.6. The number of nitrogens with one attached hydrogen (secondary N) is 2. The number of carbonyl (C=O) groups excluding carboxylic acids is 1. The standard InChI is InChI=1S/C20H34N4O3.HI/c1-6-21-20(23-12-18(25)14-27-13-15(2)3)22-11-16-7-9-17(10-8-16)19(26)24(4)5;/h7-10,15,18,25H,6,11-14H2,1-5H3,(H2,21,22,23);1H. The summed E-state index contributed by atoms with van der Waals surface area (Å²) in [5.41, 5.74) is 1.66. The summed E-state index contributed by atoms with van der Waals surface area (Å²) in [6.07, 6.45) is -0.594. The van der Waals surface area contributed by atoms with E-state index in [4.69, 9.17) is 4.74 Å². The Balaban J connectivity index is 0.00000729. The van der Waals surface area contributed by atoms with Crippen molar-refractivity contribution in [1.82, 2.24) is 15.5 Å². The number of halogens is 1. The van der Waals surface area contributed by atoms with Crippen molar-refractivity contribution in [2.75, 3.05) is 40.4 Å². The van der Waals surface area contributed by atoms with Crippen molar-refractivity contribution >= 4 is 35.8 Å². The summed E-state index contributed by atoms with van der Waals surface area (Å²) in [4.78, 5) is 18.0. The molecule has 160 valence electrons. The van der Waals surface area contributed by atoms with Crippen LogP contribution in [0, 0.1) is 5.92 Å². The number of guanidine groups is 1. The Hall–Kier alpha value is -1.39. The zero-order valence-electron chi connectivity index (χ0n) is 17.6. The van der Waals surface area contributed by atoms with Crippen LogP contribution in [0.15, 0.2) is 29.3 Å². The Kier molecular flexibility index (Phi) is 13.9. The van der Waals surface area contributed by atoms with Crippen LogP contribution in [0.5, 0.6) is 0 Å². The summed E-state index contributed by atoms with van der Waals surface area (Å²) in [5, 5.41) is 16.3. The van der Waals surface area contributed by atoms with Crippen LogP contribution in [0.3, 0.4) is 0 Å². The first-order chi connectivity index (χ1) is 12.8. The summed E-state index contributed by atoms with van der Waals surface area (Å²) >= 11 is 0. The van der Waals surface area contributed by atoms with Crippen molar-refractivity contribution in [1.29, 1.82) is 0 Å². The SMILES string of the molecule is CCNC(=NCc1ccc(C(=O)N(C)C)cc1)NCC(O)COCC(C)C.I. The highest BCUT2D eigenvalue weighted by atomic mass is 127. The van der Waals surface area contributed by atoms with E-state index in [0.29, 0.717) is 43.7 Å². The van der Waals surface area contributed by atoms with Crippen LogP contribution < -0.4 is 10.6 Å². The third-order valence-corrected chi connectivity index (χ3v) is 3.64. The number of aliphatic imine (C=N–C) groups is 1. The van der Waals surface area contributed by atoms with Gasteiger partial charge in [0.1, 0.15) is 0 Å². The van der Waals surface area contributed by atoms with Crippen LogP contribution in [-0.2, 0) is 11.3 Å². The molecule has 0 aromatic heterocycles. The maximum Gasteiger partial charge on any atom is 0.253 e. The average Bonchev–Trinajstić information content (AvgIpc) is 2.63. The third-order valence-electron chi connectivity index (χ3n) is 3.64. The van der Waals surface area contributed by atoms with E-state index < -0.39 is 6.10 Å². The predicted molar refractivity (Wildman–Crippen MR) is 124 cm³/mol. The summed E-state index contributed by atoms with van der Waals surface area (Å²) in [7, 11) is 3.47. The number of benzene rings is 1. The van der Waals surface area contributed by atoms with Gasteiger partial charge in [0.2, 0.25) is 0 Å². The van der Waals surface area contributed by atoms with Crippen LogP contribution in [0.4, 0.5) is 0 Å². The third kappa shape index (κ3) is 10.8. The Labute approximate surface area is 186 Å². The molecule has 1 unspecified atom stereocenters. The number of hydrogen-bond acceptors (Lipinski definition) is 4. The van der Waals surface area contributed by atoms with Crippen molar-refractivity contribution in [2.45, 2.75) is 33.4 Å². The second-order valence-electron chi connectivity index (χ2n) is 7.06. The van der Waals surface area contributed by atoms with E-state index >= 15 is 0 Å². The van der Waals surface area contributed by atoms with Gasteiger partial charge in [0.05, 0.1) is 19.3 Å². The Morgan fingerprint density at radius 2 is 1.82 bits per heavy atom. The fraction of sp³-hybridized carbons (Fsp3) is 0.600. The minimum atomic E-state index is -0.594. The molecule has 0 saturated heterocycles. The number of aliphatic hydroxyl groups is 1. The van der Waals surface area contributed by atoms with Gasteiger partial charge < -0.3 is 25.4 Å². The quantitative estimate of drug-likeness (QED) is 0.257. The van der Waals surface area contributed by atoms with Gasteiger partial charge in [-0.05, 0) is 30.5 Å². The number of nitrogens with zero attached hydrogens (tertiary/aromatic N) is 2. The van der Waals surface area contributed by atoms with Crippen molar-refractivity contribution in [3.8, 4) is 0 Å². The van der Waals surface area contributed by atoms with Gasteiger partial charge in [0.15, 0.2) is 5.96 Å². The first-order valence-electron chi connectivity index (χ1n) is 9.42. The molecule has 1 rings (SSSR count). The molecule has 0 radical (unpaired) electrons. The normalized spacial score (nSPS) is 12.3. The lowest BCUT2D eigenvalue weighted by Crippen LogP contribution is -2.42. The molecule has 0 aliphatic heterocycles. The maximum absolute atomic E-state index is 11.9. The molecule has 7 nitrogen and oxygen atoms in total. The smallest absolute Gasteiger partial charge is 0.253 e. The van der Waals surface area contributed by atoms with Crippen LogP contribution in [0.1, 0.15) is 36.7 Å². The topological polar surface area (TPSA) is 86.2 Å². The Morgan fingerprint density at radius 1 is 1.18 bits per heavy atom. The van der Waals surface area contributed by atoms with Crippen LogP contribution >= 0.6 is 24.0 Å².